The van der Waals surface area contributed by atoms with Crippen LogP contribution in [0.5, 0.6) is 0 Å². The van der Waals surface area contributed by atoms with Crippen LogP contribution in [0.4, 0.5) is 16.2 Å². The summed E-state index contributed by atoms with van der Waals surface area (Å²) in [6, 6.07) is 0.331. The molecule has 2 N–H and O–H groups in total. The summed E-state index contributed by atoms with van der Waals surface area (Å²) in [6.07, 6.45) is 7.14. The van der Waals surface area contributed by atoms with Crippen LogP contribution < -0.4 is 10.6 Å². The lowest BCUT2D eigenvalue weighted by Gasteiger charge is -2.29. The van der Waals surface area contributed by atoms with Gasteiger partial charge in [0.15, 0.2) is 11.6 Å². The van der Waals surface area contributed by atoms with Gasteiger partial charge >= 0.3 is 0 Å². The van der Waals surface area contributed by atoms with Crippen LogP contribution in [0, 0.1) is 11.7 Å². The van der Waals surface area contributed by atoms with E-state index in [1.54, 1.807) is 0 Å². The Bertz CT molecular complexity index is 410. The third kappa shape index (κ3) is 3.78. The van der Waals surface area contributed by atoms with Crippen LogP contribution in [0.3, 0.4) is 0 Å². The van der Waals surface area contributed by atoms with E-state index in [1.807, 2.05) is 6.92 Å². The minimum Gasteiger partial charge on any atom is -0.365 e. The summed E-state index contributed by atoms with van der Waals surface area (Å²) in [7, 11) is 0. The number of hydrogen-bond donors (Lipinski definition) is 2. The molecule has 1 heterocycles. The van der Waals surface area contributed by atoms with E-state index in [2.05, 4.69) is 27.5 Å². The van der Waals surface area contributed by atoms with Crippen molar-refractivity contribution >= 4 is 11.8 Å². The Hall–Kier alpha value is -1.39. The number of rotatable bonds is 5. The zero-order valence-corrected chi connectivity index (χ0v) is 11.7. The Morgan fingerprint density at radius 3 is 2.95 bits per heavy atom. The first-order valence-electron chi connectivity index (χ1n) is 7.25. The Balaban J connectivity index is 2.03. The van der Waals surface area contributed by atoms with Gasteiger partial charge in [0, 0.05) is 12.6 Å². The van der Waals surface area contributed by atoms with Crippen LogP contribution in [0.25, 0.3) is 0 Å². The molecule has 4 nitrogen and oxygen atoms in total. The molecule has 0 saturated heterocycles. The summed E-state index contributed by atoms with van der Waals surface area (Å²) >= 11 is 0. The number of aromatic nitrogens is 2. The average Bonchev–Trinajstić information content (AvgIpc) is 2.43. The molecule has 106 valence electrons. The Morgan fingerprint density at radius 1 is 1.37 bits per heavy atom. The highest BCUT2D eigenvalue weighted by atomic mass is 19.1. The molecule has 1 aromatic rings. The van der Waals surface area contributed by atoms with Gasteiger partial charge in [0.05, 0.1) is 6.20 Å². The van der Waals surface area contributed by atoms with Crippen molar-refractivity contribution in [3.8, 4) is 0 Å². The molecule has 1 aliphatic carbocycles. The van der Waals surface area contributed by atoms with Crippen molar-refractivity contribution in [2.75, 3.05) is 17.2 Å². The van der Waals surface area contributed by atoms with Gasteiger partial charge in [-0.3, -0.25) is 0 Å². The molecule has 1 aliphatic rings. The highest BCUT2D eigenvalue weighted by molar-refractivity contribution is 5.41. The van der Waals surface area contributed by atoms with Crippen molar-refractivity contribution in [3.63, 3.8) is 0 Å². The second-order valence-corrected chi connectivity index (χ2v) is 5.20. The molecule has 0 bridgehead atoms. The maximum atomic E-state index is 13.7. The third-order valence-electron chi connectivity index (χ3n) is 3.78. The van der Waals surface area contributed by atoms with Gasteiger partial charge in [-0.05, 0) is 25.7 Å². The van der Waals surface area contributed by atoms with Crippen LogP contribution in [0.15, 0.2) is 6.20 Å². The predicted molar refractivity (Wildman–Crippen MR) is 75.8 cm³/mol. The minimum absolute atomic E-state index is 0.327. The van der Waals surface area contributed by atoms with E-state index in [1.165, 1.54) is 25.5 Å². The third-order valence-corrected chi connectivity index (χ3v) is 3.78. The topological polar surface area (TPSA) is 49.8 Å². The van der Waals surface area contributed by atoms with Crippen LogP contribution in [0.2, 0.25) is 0 Å². The fourth-order valence-corrected chi connectivity index (χ4v) is 2.70. The minimum atomic E-state index is -0.375. The van der Waals surface area contributed by atoms with Crippen molar-refractivity contribution in [3.05, 3.63) is 12.0 Å². The fourth-order valence-electron chi connectivity index (χ4n) is 2.70. The van der Waals surface area contributed by atoms with Gasteiger partial charge < -0.3 is 10.6 Å². The molecule has 0 radical (unpaired) electrons. The smallest absolute Gasteiger partial charge is 0.224 e. The largest absolute Gasteiger partial charge is 0.365 e. The monoisotopic (exact) mass is 266 g/mol. The summed E-state index contributed by atoms with van der Waals surface area (Å²) < 4.78 is 13.7. The Labute approximate surface area is 114 Å². The summed E-state index contributed by atoms with van der Waals surface area (Å²) in [5.74, 6) is 1.19. The SMILES string of the molecule is CCNc1ncc(F)c(NC2CCCC(CC)C2)n1. The molecule has 2 unspecified atom stereocenters. The summed E-state index contributed by atoms with van der Waals surface area (Å²) in [4.78, 5) is 8.11. The van der Waals surface area contributed by atoms with E-state index in [9.17, 15) is 4.39 Å². The average molecular weight is 266 g/mol. The number of hydrogen-bond acceptors (Lipinski definition) is 4. The number of anilines is 2. The Morgan fingerprint density at radius 2 is 2.21 bits per heavy atom. The van der Waals surface area contributed by atoms with Crippen molar-refractivity contribution in [1.82, 2.24) is 9.97 Å². The van der Waals surface area contributed by atoms with Gasteiger partial charge in [0.2, 0.25) is 5.95 Å². The quantitative estimate of drug-likeness (QED) is 0.857. The number of halogens is 1. The first-order valence-corrected chi connectivity index (χ1v) is 7.25. The Kier molecular flexibility index (Phi) is 4.93. The van der Waals surface area contributed by atoms with E-state index in [0.29, 0.717) is 17.8 Å². The molecular formula is C14H23FN4. The standard InChI is InChI=1S/C14H23FN4/c1-3-10-6-5-7-11(8-10)18-13-12(15)9-17-14(19-13)16-4-2/h9-11H,3-8H2,1-2H3,(H2,16,17,18,19). The zero-order chi connectivity index (χ0) is 13.7. The normalized spacial score (nSPS) is 23.1. The lowest BCUT2D eigenvalue weighted by atomic mass is 9.84. The summed E-state index contributed by atoms with van der Waals surface area (Å²) in [6.45, 7) is 4.92. The molecule has 1 fully saturated rings. The molecule has 1 saturated carbocycles. The first-order chi connectivity index (χ1) is 9.22. The van der Waals surface area contributed by atoms with Gasteiger partial charge in [-0.15, -0.1) is 0 Å². The van der Waals surface area contributed by atoms with E-state index < -0.39 is 0 Å². The molecule has 2 atom stereocenters. The molecule has 5 heteroatoms. The van der Waals surface area contributed by atoms with Crippen LogP contribution in [-0.4, -0.2) is 22.6 Å². The predicted octanol–water partition coefficient (Wildman–Crippen LogP) is 3.43. The van der Waals surface area contributed by atoms with Gasteiger partial charge in [0.25, 0.3) is 0 Å². The summed E-state index contributed by atoms with van der Waals surface area (Å²) in [5, 5.41) is 6.25. The molecule has 0 aromatic carbocycles. The fraction of sp³-hybridized carbons (Fsp3) is 0.714. The molecule has 0 amide bonds. The number of nitrogens with zero attached hydrogens (tertiary/aromatic N) is 2. The maximum absolute atomic E-state index is 13.7. The van der Waals surface area contributed by atoms with Crippen LogP contribution >= 0.6 is 0 Å². The van der Waals surface area contributed by atoms with Crippen LogP contribution in [0.1, 0.15) is 46.0 Å². The van der Waals surface area contributed by atoms with Crippen molar-refractivity contribution < 1.29 is 4.39 Å². The highest BCUT2D eigenvalue weighted by Gasteiger charge is 2.22. The van der Waals surface area contributed by atoms with Crippen LogP contribution in [-0.2, 0) is 0 Å². The number of nitrogens with one attached hydrogen (secondary N) is 2. The molecule has 19 heavy (non-hydrogen) atoms. The molecule has 0 aliphatic heterocycles. The van der Waals surface area contributed by atoms with E-state index in [4.69, 9.17) is 0 Å². The van der Waals surface area contributed by atoms with Gasteiger partial charge in [0.1, 0.15) is 0 Å². The second-order valence-electron chi connectivity index (χ2n) is 5.20. The molecule has 1 aromatic heterocycles. The first kappa shape index (κ1) is 14.0. The van der Waals surface area contributed by atoms with Gasteiger partial charge in [-0.1, -0.05) is 26.2 Å². The maximum Gasteiger partial charge on any atom is 0.224 e. The van der Waals surface area contributed by atoms with Crippen molar-refractivity contribution in [1.29, 1.82) is 0 Å². The highest BCUT2D eigenvalue weighted by Crippen LogP contribution is 2.28. The summed E-state index contributed by atoms with van der Waals surface area (Å²) in [5.41, 5.74) is 0. The lowest BCUT2D eigenvalue weighted by molar-refractivity contribution is 0.326. The molecule has 2 rings (SSSR count). The zero-order valence-electron chi connectivity index (χ0n) is 11.7. The van der Waals surface area contributed by atoms with Gasteiger partial charge in [-0.25, -0.2) is 9.37 Å². The van der Waals surface area contributed by atoms with Crippen molar-refractivity contribution in [2.24, 2.45) is 5.92 Å². The molecule has 0 spiro atoms. The van der Waals surface area contributed by atoms with Gasteiger partial charge in [-0.2, -0.15) is 4.98 Å². The molecular weight excluding hydrogens is 243 g/mol. The van der Waals surface area contributed by atoms with E-state index in [-0.39, 0.29) is 5.82 Å². The lowest BCUT2D eigenvalue weighted by Crippen LogP contribution is -2.28. The van der Waals surface area contributed by atoms with Crippen molar-refractivity contribution in [2.45, 2.75) is 52.0 Å². The van der Waals surface area contributed by atoms with E-state index in [0.717, 1.165) is 25.3 Å². The second kappa shape index (κ2) is 6.68. The van der Waals surface area contributed by atoms with E-state index >= 15 is 0 Å².